The van der Waals surface area contributed by atoms with Gasteiger partial charge in [0.15, 0.2) is 0 Å². The van der Waals surface area contributed by atoms with Crippen molar-refractivity contribution < 1.29 is 23.9 Å². The van der Waals surface area contributed by atoms with E-state index < -0.39 is 5.97 Å². The molecule has 5 heteroatoms. The standard InChI is InChI=1S/C20H24O5/c1-13(2)9-19(22)24-12-15-5-4-6-16(11-21)10-18-17(8-7-15)14(3)20(23)25-18/h6-7,9,11,17-18H,3-5,8,10,12H2,1-2H3/b15-7-,16-6+/t17-,18-/m0/s1. The van der Waals surface area contributed by atoms with E-state index in [4.69, 9.17) is 9.47 Å². The molecule has 2 rings (SSSR count). The summed E-state index contributed by atoms with van der Waals surface area (Å²) in [6, 6.07) is 0. The highest BCUT2D eigenvalue weighted by atomic mass is 16.6. The Bertz CT molecular complexity index is 662. The zero-order valence-electron chi connectivity index (χ0n) is 14.7. The molecule has 25 heavy (non-hydrogen) atoms. The second-order valence-electron chi connectivity index (χ2n) is 6.64. The molecule has 0 bridgehead atoms. The molecule has 2 atom stereocenters. The molecule has 1 aliphatic carbocycles. The van der Waals surface area contributed by atoms with Gasteiger partial charge in [-0.15, -0.1) is 0 Å². The van der Waals surface area contributed by atoms with Crippen molar-refractivity contribution in [3.05, 3.63) is 47.1 Å². The molecule has 1 heterocycles. The molecule has 0 unspecified atom stereocenters. The minimum absolute atomic E-state index is 0.155. The number of aldehydes is 1. The Morgan fingerprint density at radius 1 is 1.40 bits per heavy atom. The molecule has 0 aromatic rings. The average Bonchev–Trinajstić information content (AvgIpc) is 2.82. The van der Waals surface area contributed by atoms with E-state index in [0.717, 1.165) is 17.4 Å². The molecule has 0 aromatic carbocycles. The third-order valence-electron chi connectivity index (χ3n) is 4.34. The van der Waals surface area contributed by atoms with Crippen LogP contribution < -0.4 is 0 Å². The lowest BCUT2D eigenvalue weighted by atomic mass is 9.88. The van der Waals surface area contributed by atoms with Crippen molar-refractivity contribution in [1.82, 2.24) is 0 Å². The predicted molar refractivity (Wildman–Crippen MR) is 93.6 cm³/mol. The topological polar surface area (TPSA) is 69.7 Å². The lowest BCUT2D eigenvalue weighted by molar-refractivity contribution is -0.139. The van der Waals surface area contributed by atoms with Gasteiger partial charge in [-0.05, 0) is 44.3 Å². The van der Waals surface area contributed by atoms with Gasteiger partial charge in [0.2, 0.25) is 0 Å². The number of carbonyl (C=O) groups is 3. The normalized spacial score (nSPS) is 27.8. The maximum atomic E-state index is 11.8. The Balaban J connectivity index is 2.13. The molecule has 1 saturated heterocycles. The number of carbonyl (C=O) groups excluding carboxylic acids is 3. The smallest absolute Gasteiger partial charge is 0.334 e. The van der Waals surface area contributed by atoms with Crippen molar-refractivity contribution in [2.75, 3.05) is 6.61 Å². The van der Waals surface area contributed by atoms with E-state index in [9.17, 15) is 14.4 Å². The van der Waals surface area contributed by atoms with Crippen molar-refractivity contribution in [3.8, 4) is 0 Å². The summed E-state index contributed by atoms with van der Waals surface area (Å²) in [7, 11) is 0. The molecule has 2 aliphatic rings. The predicted octanol–water partition coefficient (Wildman–Crippen LogP) is 3.22. The van der Waals surface area contributed by atoms with Crippen LogP contribution in [0.1, 0.15) is 39.5 Å². The summed E-state index contributed by atoms with van der Waals surface area (Å²) in [5.41, 5.74) is 2.90. The van der Waals surface area contributed by atoms with E-state index in [1.807, 2.05) is 26.0 Å². The SMILES string of the molecule is C=C1C(=O)O[C@H]2C/C(C=O)=C\CC/C(COC(=O)C=C(C)C)=C/C[C@@H]12. The van der Waals surface area contributed by atoms with Gasteiger partial charge in [-0.2, -0.15) is 0 Å². The number of rotatable bonds is 4. The van der Waals surface area contributed by atoms with Gasteiger partial charge in [-0.3, -0.25) is 4.79 Å². The summed E-state index contributed by atoms with van der Waals surface area (Å²) in [6.07, 6.45) is 8.12. The van der Waals surface area contributed by atoms with E-state index in [0.29, 0.717) is 36.8 Å². The first-order chi connectivity index (χ1) is 11.9. The molecular weight excluding hydrogens is 320 g/mol. The summed E-state index contributed by atoms with van der Waals surface area (Å²) in [5.74, 6) is -0.925. The lowest BCUT2D eigenvalue weighted by Gasteiger charge is -2.18. The zero-order valence-corrected chi connectivity index (χ0v) is 14.7. The van der Waals surface area contributed by atoms with Crippen molar-refractivity contribution in [2.45, 2.75) is 45.6 Å². The van der Waals surface area contributed by atoms with E-state index in [2.05, 4.69) is 6.58 Å². The molecule has 134 valence electrons. The molecular formula is C20H24O5. The molecule has 0 saturated carbocycles. The first-order valence-electron chi connectivity index (χ1n) is 8.44. The second-order valence-corrected chi connectivity index (χ2v) is 6.64. The summed E-state index contributed by atoms with van der Waals surface area (Å²) in [4.78, 5) is 34.7. The maximum Gasteiger partial charge on any atom is 0.334 e. The first kappa shape index (κ1) is 18.9. The van der Waals surface area contributed by atoms with Gasteiger partial charge in [0.25, 0.3) is 0 Å². The van der Waals surface area contributed by atoms with Crippen LogP contribution in [0.25, 0.3) is 0 Å². The Morgan fingerprint density at radius 3 is 2.84 bits per heavy atom. The summed E-state index contributed by atoms with van der Waals surface area (Å²) in [5, 5.41) is 0. The van der Waals surface area contributed by atoms with Crippen molar-refractivity contribution in [1.29, 1.82) is 0 Å². The third kappa shape index (κ3) is 5.28. The van der Waals surface area contributed by atoms with Crippen LogP contribution in [0.2, 0.25) is 0 Å². The molecule has 1 aliphatic heterocycles. The van der Waals surface area contributed by atoms with Crippen LogP contribution >= 0.6 is 0 Å². The van der Waals surface area contributed by atoms with E-state index in [1.165, 1.54) is 6.08 Å². The fourth-order valence-electron chi connectivity index (χ4n) is 2.97. The van der Waals surface area contributed by atoms with Gasteiger partial charge in [0.05, 0.1) is 0 Å². The summed E-state index contributed by atoms with van der Waals surface area (Å²) < 4.78 is 10.6. The zero-order chi connectivity index (χ0) is 18.4. The Hall–Kier alpha value is -2.43. The van der Waals surface area contributed by atoms with Gasteiger partial charge in [0.1, 0.15) is 19.0 Å². The van der Waals surface area contributed by atoms with E-state index >= 15 is 0 Å². The first-order valence-corrected chi connectivity index (χ1v) is 8.44. The van der Waals surface area contributed by atoms with Gasteiger partial charge < -0.3 is 9.47 Å². The van der Waals surface area contributed by atoms with Crippen molar-refractivity contribution in [3.63, 3.8) is 0 Å². The Labute approximate surface area is 148 Å². The largest absolute Gasteiger partial charge is 0.458 e. The Morgan fingerprint density at radius 2 is 2.16 bits per heavy atom. The fourth-order valence-corrected chi connectivity index (χ4v) is 2.97. The number of hydrogen-bond donors (Lipinski definition) is 0. The average molecular weight is 344 g/mol. The van der Waals surface area contributed by atoms with Crippen LogP contribution in [-0.4, -0.2) is 30.9 Å². The highest BCUT2D eigenvalue weighted by molar-refractivity contribution is 5.91. The molecule has 0 radical (unpaired) electrons. The van der Waals surface area contributed by atoms with Gasteiger partial charge in [-0.1, -0.05) is 24.3 Å². The molecule has 0 N–H and O–H groups in total. The summed E-state index contributed by atoms with van der Waals surface area (Å²) >= 11 is 0. The quantitative estimate of drug-likeness (QED) is 0.339. The number of fused-ring (bicyclic) bond motifs is 1. The van der Waals surface area contributed by atoms with Crippen LogP contribution in [-0.2, 0) is 23.9 Å². The number of hydrogen-bond acceptors (Lipinski definition) is 5. The van der Waals surface area contributed by atoms with Gasteiger partial charge in [0, 0.05) is 24.0 Å². The van der Waals surface area contributed by atoms with Crippen LogP contribution in [0.4, 0.5) is 0 Å². The highest BCUT2D eigenvalue weighted by Gasteiger charge is 2.38. The van der Waals surface area contributed by atoms with Crippen molar-refractivity contribution >= 4 is 18.2 Å². The number of esters is 2. The van der Waals surface area contributed by atoms with Crippen LogP contribution in [0.5, 0.6) is 0 Å². The van der Waals surface area contributed by atoms with E-state index in [-0.39, 0.29) is 24.6 Å². The minimum atomic E-state index is -0.399. The molecule has 0 amide bonds. The summed E-state index contributed by atoms with van der Waals surface area (Å²) in [6.45, 7) is 7.69. The Kier molecular flexibility index (Phi) is 6.51. The van der Waals surface area contributed by atoms with Crippen LogP contribution in [0.3, 0.4) is 0 Å². The lowest BCUT2D eigenvalue weighted by Crippen LogP contribution is -2.18. The highest BCUT2D eigenvalue weighted by Crippen LogP contribution is 2.34. The second kappa shape index (κ2) is 8.60. The monoisotopic (exact) mass is 344 g/mol. The maximum absolute atomic E-state index is 11.8. The molecule has 5 nitrogen and oxygen atoms in total. The number of ether oxygens (including phenoxy) is 2. The van der Waals surface area contributed by atoms with E-state index in [1.54, 1.807) is 0 Å². The van der Waals surface area contributed by atoms with Crippen LogP contribution in [0.15, 0.2) is 47.1 Å². The fraction of sp³-hybridized carbons (Fsp3) is 0.450. The molecule has 0 spiro atoms. The van der Waals surface area contributed by atoms with Gasteiger partial charge in [-0.25, -0.2) is 9.59 Å². The minimum Gasteiger partial charge on any atom is -0.458 e. The van der Waals surface area contributed by atoms with Gasteiger partial charge >= 0.3 is 11.9 Å². The van der Waals surface area contributed by atoms with Crippen LogP contribution in [0, 0.1) is 5.92 Å². The molecule has 0 aromatic heterocycles. The van der Waals surface area contributed by atoms with Crippen molar-refractivity contribution in [2.24, 2.45) is 5.92 Å². The molecule has 1 fully saturated rings. The third-order valence-corrected chi connectivity index (χ3v) is 4.34. The number of allylic oxidation sites excluding steroid dienone is 3.